The predicted octanol–water partition coefficient (Wildman–Crippen LogP) is -0.807. The van der Waals surface area contributed by atoms with Gasteiger partial charge in [0.25, 0.3) is 0 Å². The molecular weight excluding hydrogens is 152 g/mol. The van der Waals surface area contributed by atoms with Gasteiger partial charge in [-0.05, 0) is 0 Å². The van der Waals surface area contributed by atoms with E-state index in [1.807, 2.05) is 0 Å². The molecule has 0 unspecified atom stereocenters. The van der Waals surface area contributed by atoms with Gasteiger partial charge in [-0.1, -0.05) is 23.2 Å². The Bertz CT molecular complexity index is 175. The van der Waals surface area contributed by atoms with Crippen LogP contribution in [-0.4, -0.2) is 4.98 Å². The molecule has 1 rings (SSSR count). The monoisotopic (exact) mass is 153 g/mol. The number of nitrogens with zero attached hydrogens (tertiary/aromatic N) is 1. The van der Waals surface area contributed by atoms with Crippen LogP contribution in [0.5, 0.6) is 0 Å². The van der Waals surface area contributed by atoms with Crippen molar-refractivity contribution in [3.63, 3.8) is 0 Å². The SMILES string of the molecule is Clc1[c-]ccc(Cl)n1.[Li+]. The van der Waals surface area contributed by atoms with Gasteiger partial charge in [-0.15, -0.1) is 0 Å². The van der Waals surface area contributed by atoms with Crippen LogP contribution >= 0.6 is 23.2 Å². The third-order valence-electron chi connectivity index (χ3n) is 0.628. The Morgan fingerprint density at radius 2 is 2.11 bits per heavy atom. The van der Waals surface area contributed by atoms with Crippen LogP contribution in [0.1, 0.15) is 0 Å². The van der Waals surface area contributed by atoms with Crippen LogP contribution in [0.15, 0.2) is 12.1 Å². The largest absolute Gasteiger partial charge is 1.00 e. The topological polar surface area (TPSA) is 12.9 Å². The summed E-state index contributed by atoms with van der Waals surface area (Å²) in [4.78, 5) is 3.65. The van der Waals surface area contributed by atoms with Gasteiger partial charge in [0.05, 0.1) is 0 Å². The second-order valence-corrected chi connectivity index (χ2v) is 1.95. The summed E-state index contributed by atoms with van der Waals surface area (Å²) in [5, 5.41) is 0.700. The molecule has 1 aromatic heterocycles. The predicted molar refractivity (Wildman–Crippen MR) is 33.1 cm³/mol. The number of hydrogen-bond donors (Lipinski definition) is 0. The Morgan fingerprint density at radius 3 is 2.44 bits per heavy atom. The number of pyridine rings is 1. The van der Waals surface area contributed by atoms with Crippen LogP contribution in [0.4, 0.5) is 0 Å². The third kappa shape index (κ3) is 3.13. The van der Waals surface area contributed by atoms with Crippen molar-refractivity contribution in [2.75, 3.05) is 0 Å². The first kappa shape index (κ1) is 9.33. The summed E-state index contributed by atoms with van der Waals surface area (Å²) in [5.41, 5.74) is 0. The van der Waals surface area contributed by atoms with Gasteiger partial charge in [0, 0.05) is 10.3 Å². The van der Waals surface area contributed by atoms with Gasteiger partial charge in [-0.3, -0.25) is 4.98 Å². The zero-order valence-electron chi connectivity index (χ0n) is 4.86. The Hall–Kier alpha value is 0.327. The van der Waals surface area contributed by atoms with Gasteiger partial charge in [0.2, 0.25) is 0 Å². The number of halogens is 2. The molecule has 0 radical (unpaired) electrons. The van der Waals surface area contributed by atoms with Crippen molar-refractivity contribution in [1.29, 1.82) is 0 Å². The minimum Gasteiger partial charge on any atom is -0.265 e. The fourth-order valence-corrected chi connectivity index (χ4v) is 0.687. The second kappa shape index (κ2) is 4.19. The molecular formula is C5H2Cl2LiN. The van der Waals surface area contributed by atoms with E-state index in [1.54, 1.807) is 12.1 Å². The molecule has 1 heterocycles. The van der Waals surface area contributed by atoms with Crippen LogP contribution in [0.25, 0.3) is 0 Å². The van der Waals surface area contributed by atoms with Crippen LogP contribution in [-0.2, 0) is 0 Å². The normalized spacial score (nSPS) is 8.22. The molecule has 0 aromatic carbocycles. The van der Waals surface area contributed by atoms with Gasteiger partial charge >= 0.3 is 18.9 Å². The quantitative estimate of drug-likeness (QED) is 0.270. The molecule has 1 aromatic rings. The number of aromatic nitrogens is 1. The minimum absolute atomic E-state index is 0. The van der Waals surface area contributed by atoms with E-state index in [4.69, 9.17) is 23.2 Å². The Balaban J connectivity index is 0.000000640. The van der Waals surface area contributed by atoms with Crippen molar-refractivity contribution in [2.24, 2.45) is 0 Å². The molecule has 0 spiro atoms. The molecule has 0 saturated carbocycles. The Labute approximate surface area is 75.6 Å². The van der Waals surface area contributed by atoms with E-state index in [2.05, 4.69) is 11.1 Å². The van der Waals surface area contributed by atoms with E-state index < -0.39 is 0 Å². The summed E-state index contributed by atoms with van der Waals surface area (Å²) >= 11 is 10.8. The van der Waals surface area contributed by atoms with Crippen LogP contribution in [0.3, 0.4) is 0 Å². The number of hydrogen-bond acceptors (Lipinski definition) is 1. The summed E-state index contributed by atoms with van der Waals surface area (Å²) in [7, 11) is 0. The van der Waals surface area contributed by atoms with Crippen LogP contribution in [0, 0.1) is 6.07 Å². The van der Waals surface area contributed by atoms with E-state index in [9.17, 15) is 0 Å². The molecule has 0 bridgehead atoms. The summed E-state index contributed by atoms with van der Waals surface area (Å²) in [6, 6.07) is 5.88. The Kier molecular flexibility index (Phi) is 4.34. The molecule has 0 amide bonds. The summed E-state index contributed by atoms with van der Waals surface area (Å²) < 4.78 is 0. The fraction of sp³-hybridized carbons (Fsp3) is 0. The third-order valence-corrected chi connectivity index (χ3v) is 1.03. The van der Waals surface area contributed by atoms with E-state index in [1.165, 1.54) is 0 Å². The first-order valence-corrected chi connectivity index (χ1v) is 2.74. The molecule has 9 heavy (non-hydrogen) atoms. The maximum atomic E-state index is 5.43. The molecule has 1 nitrogen and oxygen atoms in total. The second-order valence-electron chi connectivity index (χ2n) is 1.20. The summed E-state index contributed by atoms with van der Waals surface area (Å²) in [6.07, 6.45) is 0. The van der Waals surface area contributed by atoms with E-state index >= 15 is 0 Å². The van der Waals surface area contributed by atoms with Gasteiger partial charge in [-0.2, -0.15) is 6.07 Å². The van der Waals surface area contributed by atoms with Crippen molar-refractivity contribution in [1.82, 2.24) is 4.98 Å². The number of rotatable bonds is 0. The molecule has 0 fully saturated rings. The molecule has 0 atom stereocenters. The van der Waals surface area contributed by atoms with E-state index in [0.717, 1.165) is 0 Å². The Morgan fingerprint density at radius 1 is 1.44 bits per heavy atom. The van der Waals surface area contributed by atoms with Crippen molar-refractivity contribution in [3.8, 4) is 0 Å². The molecule has 0 N–H and O–H groups in total. The first-order valence-electron chi connectivity index (χ1n) is 1.99. The van der Waals surface area contributed by atoms with Gasteiger partial charge in [0.15, 0.2) is 0 Å². The smallest absolute Gasteiger partial charge is 0.265 e. The first-order chi connectivity index (χ1) is 3.79. The standard InChI is InChI=1S/C5H2Cl2N.Li/c6-4-2-1-3-5(7)8-4;/h1-2H;/q-1;+1. The maximum Gasteiger partial charge on any atom is 1.00 e. The average molecular weight is 154 g/mol. The van der Waals surface area contributed by atoms with E-state index in [-0.39, 0.29) is 18.9 Å². The fourth-order valence-electron chi connectivity index (χ4n) is 0.343. The molecule has 4 heteroatoms. The zero-order valence-corrected chi connectivity index (χ0v) is 6.37. The average Bonchev–Trinajstić information content (AvgIpc) is 1.64. The summed E-state index contributed by atoms with van der Waals surface area (Å²) in [5.74, 6) is 0. The van der Waals surface area contributed by atoms with Gasteiger partial charge in [-0.25, -0.2) is 12.1 Å². The maximum absolute atomic E-state index is 5.43. The van der Waals surface area contributed by atoms with Gasteiger partial charge in [0.1, 0.15) is 0 Å². The van der Waals surface area contributed by atoms with E-state index in [0.29, 0.717) is 10.3 Å². The van der Waals surface area contributed by atoms with Crippen molar-refractivity contribution < 1.29 is 18.9 Å². The van der Waals surface area contributed by atoms with Crippen molar-refractivity contribution in [3.05, 3.63) is 28.5 Å². The molecule has 0 aliphatic carbocycles. The molecule has 42 valence electrons. The van der Waals surface area contributed by atoms with Crippen LogP contribution < -0.4 is 18.9 Å². The zero-order chi connectivity index (χ0) is 5.98. The summed E-state index contributed by atoms with van der Waals surface area (Å²) in [6.45, 7) is 0. The molecule has 0 saturated heterocycles. The molecule has 0 aliphatic rings. The van der Waals surface area contributed by atoms with Crippen molar-refractivity contribution in [2.45, 2.75) is 0 Å². The minimum atomic E-state index is 0. The van der Waals surface area contributed by atoms with Crippen LogP contribution in [0.2, 0.25) is 10.3 Å². The van der Waals surface area contributed by atoms with Crippen molar-refractivity contribution >= 4 is 23.2 Å². The molecule has 0 aliphatic heterocycles. The van der Waals surface area contributed by atoms with Gasteiger partial charge < -0.3 is 0 Å².